The third-order valence-corrected chi connectivity index (χ3v) is 2.21. The number of amides is 1. The Bertz CT molecular complexity index is 134. The second-order valence-corrected chi connectivity index (χ2v) is 3.06. The molecule has 1 fully saturated rings. The summed E-state index contributed by atoms with van der Waals surface area (Å²) in [7, 11) is 0. The van der Waals surface area contributed by atoms with E-state index in [4.69, 9.17) is 0 Å². The summed E-state index contributed by atoms with van der Waals surface area (Å²) in [6.45, 7) is 8.75. The molecule has 1 rings (SSSR count). The highest BCUT2D eigenvalue weighted by atomic mass is 16.2. The van der Waals surface area contributed by atoms with Gasteiger partial charge in [-0.1, -0.05) is 13.8 Å². The summed E-state index contributed by atoms with van der Waals surface area (Å²) in [6, 6.07) is 0.478. The molecule has 0 aromatic heterocycles. The minimum absolute atomic E-state index is 0.229. The lowest BCUT2D eigenvalue weighted by Crippen LogP contribution is -2.40. The normalized spacial score (nSPS) is 22.7. The number of nitrogens with zero attached hydrogens (tertiary/aromatic N) is 1. The fourth-order valence-electron chi connectivity index (χ4n) is 1.57. The first-order valence-electron chi connectivity index (χ1n) is 4.99. The zero-order valence-electron chi connectivity index (χ0n) is 8.76. The van der Waals surface area contributed by atoms with E-state index in [2.05, 4.69) is 6.92 Å². The molecule has 0 radical (unpaired) electrons. The summed E-state index contributed by atoms with van der Waals surface area (Å²) in [5.41, 5.74) is 0. The number of carbonyl (C=O) groups is 1. The van der Waals surface area contributed by atoms with Gasteiger partial charge in [-0.15, -0.1) is 0 Å². The number of rotatable bonds is 0. The SMILES string of the molecule is CC.CC(=O)N1CCCCC1C. The van der Waals surface area contributed by atoms with Crippen molar-refractivity contribution in [3.05, 3.63) is 0 Å². The van der Waals surface area contributed by atoms with Crippen molar-refractivity contribution < 1.29 is 4.79 Å². The van der Waals surface area contributed by atoms with Gasteiger partial charge in [-0.05, 0) is 26.2 Å². The predicted octanol–water partition coefficient (Wildman–Crippen LogP) is 2.43. The molecule has 0 aliphatic carbocycles. The lowest BCUT2D eigenvalue weighted by atomic mass is 10.0. The Labute approximate surface area is 75.9 Å². The zero-order chi connectivity index (χ0) is 9.56. The molecule has 1 amide bonds. The molecule has 0 N–H and O–H groups in total. The van der Waals surface area contributed by atoms with Crippen LogP contribution >= 0.6 is 0 Å². The monoisotopic (exact) mass is 171 g/mol. The summed E-state index contributed by atoms with van der Waals surface area (Å²) in [4.78, 5) is 12.9. The molecule has 2 heteroatoms. The van der Waals surface area contributed by atoms with Gasteiger partial charge >= 0.3 is 0 Å². The molecule has 1 saturated heterocycles. The van der Waals surface area contributed by atoms with E-state index in [1.807, 2.05) is 18.7 Å². The van der Waals surface area contributed by atoms with Gasteiger partial charge < -0.3 is 4.90 Å². The molecule has 1 aliphatic rings. The second kappa shape index (κ2) is 6.04. The smallest absolute Gasteiger partial charge is 0.219 e. The molecule has 2 nitrogen and oxygen atoms in total. The van der Waals surface area contributed by atoms with Crippen molar-refractivity contribution in [1.29, 1.82) is 0 Å². The van der Waals surface area contributed by atoms with Crippen LogP contribution < -0.4 is 0 Å². The molecule has 1 aliphatic heterocycles. The second-order valence-electron chi connectivity index (χ2n) is 3.06. The largest absolute Gasteiger partial charge is 0.340 e. The summed E-state index contributed by atoms with van der Waals surface area (Å²) in [5.74, 6) is 0.229. The minimum Gasteiger partial charge on any atom is -0.340 e. The summed E-state index contributed by atoms with van der Waals surface area (Å²) in [6.07, 6.45) is 3.65. The molecule has 1 heterocycles. The van der Waals surface area contributed by atoms with Gasteiger partial charge in [0, 0.05) is 19.5 Å². The van der Waals surface area contributed by atoms with Crippen molar-refractivity contribution in [3.63, 3.8) is 0 Å². The van der Waals surface area contributed by atoms with Gasteiger partial charge in [-0.25, -0.2) is 0 Å². The zero-order valence-corrected chi connectivity index (χ0v) is 8.76. The molecular formula is C10H21NO. The molecule has 0 aromatic carbocycles. The number of carbonyl (C=O) groups excluding carboxylic acids is 1. The summed E-state index contributed by atoms with van der Waals surface area (Å²) in [5, 5.41) is 0. The van der Waals surface area contributed by atoms with Crippen molar-refractivity contribution in [1.82, 2.24) is 4.90 Å². The maximum atomic E-state index is 10.9. The van der Waals surface area contributed by atoms with Gasteiger partial charge in [-0.3, -0.25) is 4.79 Å². The van der Waals surface area contributed by atoms with Gasteiger partial charge in [0.25, 0.3) is 0 Å². The van der Waals surface area contributed by atoms with E-state index in [9.17, 15) is 4.79 Å². The van der Waals surface area contributed by atoms with E-state index in [1.54, 1.807) is 6.92 Å². The molecule has 72 valence electrons. The van der Waals surface area contributed by atoms with Crippen LogP contribution in [0.2, 0.25) is 0 Å². The van der Waals surface area contributed by atoms with Crippen LogP contribution in [0.4, 0.5) is 0 Å². The first kappa shape index (κ1) is 11.5. The van der Waals surface area contributed by atoms with E-state index in [0.717, 1.165) is 6.54 Å². The topological polar surface area (TPSA) is 20.3 Å². The first-order valence-corrected chi connectivity index (χ1v) is 4.99. The van der Waals surface area contributed by atoms with Crippen molar-refractivity contribution in [3.8, 4) is 0 Å². The van der Waals surface area contributed by atoms with Crippen LogP contribution in [0.25, 0.3) is 0 Å². The van der Waals surface area contributed by atoms with Crippen molar-refractivity contribution >= 4 is 5.91 Å². The average molecular weight is 171 g/mol. The molecule has 12 heavy (non-hydrogen) atoms. The number of likely N-dealkylation sites (tertiary alicyclic amines) is 1. The van der Waals surface area contributed by atoms with Gasteiger partial charge in [0.1, 0.15) is 0 Å². The average Bonchev–Trinajstić information content (AvgIpc) is 2.08. The van der Waals surface area contributed by atoms with E-state index in [-0.39, 0.29) is 5.91 Å². The van der Waals surface area contributed by atoms with Gasteiger partial charge in [0.05, 0.1) is 0 Å². The molecule has 0 saturated carbocycles. The van der Waals surface area contributed by atoms with Crippen molar-refractivity contribution in [2.45, 2.75) is 53.0 Å². The maximum absolute atomic E-state index is 10.9. The van der Waals surface area contributed by atoms with Crippen LogP contribution in [0.15, 0.2) is 0 Å². The third kappa shape index (κ3) is 3.24. The van der Waals surface area contributed by atoms with Crippen LogP contribution in [-0.2, 0) is 4.79 Å². The minimum atomic E-state index is 0.229. The van der Waals surface area contributed by atoms with Crippen LogP contribution in [0.1, 0.15) is 47.0 Å². The van der Waals surface area contributed by atoms with Crippen LogP contribution in [0, 0.1) is 0 Å². The quantitative estimate of drug-likeness (QED) is 0.548. The first-order chi connectivity index (χ1) is 5.72. The van der Waals surface area contributed by atoms with Crippen LogP contribution in [0.3, 0.4) is 0 Å². The van der Waals surface area contributed by atoms with E-state index >= 15 is 0 Å². The molecular weight excluding hydrogens is 150 g/mol. The van der Waals surface area contributed by atoms with Crippen LogP contribution in [-0.4, -0.2) is 23.4 Å². The van der Waals surface area contributed by atoms with E-state index in [0.29, 0.717) is 6.04 Å². The standard InChI is InChI=1S/C8H15NO.C2H6/c1-7-5-3-4-6-9(7)8(2)10;1-2/h7H,3-6H2,1-2H3;1-2H3. The lowest BCUT2D eigenvalue weighted by molar-refractivity contribution is -0.131. The molecule has 0 bridgehead atoms. The molecule has 1 atom stereocenters. The Morgan fingerprint density at radius 3 is 2.25 bits per heavy atom. The summed E-state index contributed by atoms with van der Waals surface area (Å²) >= 11 is 0. The Morgan fingerprint density at radius 1 is 1.33 bits per heavy atom. The van der Waals surface area contributed by atoms with Crippen molar-refractivity contribution in [2.24, 2.45) is 0 Å². The molecule has 0 aromatic rings. The number of hydrogen-bond donors (Lipinski definition) is 0. The number of piperidine rings is 1. The third-order valence-electron chi connectivity index (χ3n) is 2.21. The highest BCUT2D eigenvalue weighted by Gasteiger charge is 2.19. The highest BCUT2D eigenvalue weighted by Crippen LogP contribution is 2.15. The highest BCUT2D eigenvalue weighted by molar-refractivity contribution is 5.73. The maximum Gasteiger partial charge on any atom is 0.219 e. The van der Waals surface area contributed by atoms with Crippen LogP contribution in [0.5, 0.6) is 0 Å². The van der Waals surface area contributed by atoms with Gasteiger partial charge in [0.2, 0.25) is 5.91 Å². The Morgan fingerprint density at radius 2 is 1.92 bits per heavy atom. The Hall–Kier alpha value is -0.530. The van der Waals surface area contributed by atoms with Gasteiger partial charge in [0.15, 0.2) is 0 Å². The molecule has 1 unspecified atom stereocenters. The van der Waals surface area contributed by atoms with Crippen molar-refractivity contribution in [2.75, 3.05) is 6.54 Å². The summed E-state index contributed by atoms with van der Waals surface area (Å²) < 4.78 is 0. The Balaban J connectivity index is 0.000000561. The van der Waals surface area contributed by atoms with E-state index < -0.39 is 0 Å². The fourth-order valence-corrected chi connectivity index (χ4v) is 1.57. The predicted molar refractivity (Wildman–Crippen MR) is 52.0 cm³/mol. The van der Waals surface area contributed by atoms with E-state index in [1.165, 1.54) is 19.3 Å². The van der Waals surface area contributed by atoms with Gasteiger partial charge in [-0.2, -0.15) is 0 Å². The molecule has 0 spiro atoms. The lowest BCUT2D eigenvalue weighted by Gasteiger charge is -2.32. The fraction of sp³-hybridized carbons (Fsp3) is 0.900. The number of hydrogen-bond acceptors (Lipinski definition) is 1. The Kier molecular flexibility index (Phi) is 5.77.